The van der Waals surface area contributed by atoms with Crippen LogP contribution in [0.3, 0.4) is 0 Å². The number of phosphoric ester groups is 1. The van der Waals surface area contributed by atoms with Gasteiger partial charge in [0.05, 0.1) is 19.8 Å². The van der Waals surface area contributed by atoms with E-state index in [0.29, 0.717) is 19.3 Å². The van der Waals surface area contributed by atoms with Gasteiger partial charge in [-0.05, 0) is 128 Å². The van der Waals surface area contributed by atoms with Crippen molar-refractivity contribution in [3.63, 3.8) is 0 Å². The van der Waals surface area contributed by atoms with Gasteiger partial charge in [0.1, 0.15) is 12.7 Å². The summed E-state index contributed by atoms with van der Waals surface area (Å²) >= 11 is 0. The minimum absolute atomic E-state index is 0.116. The fraction of sp³-hybridized carbons (Fsp3) is 0.609. The van der Waals surface area contributed by atoms with E-state index in [-0.39, 0.29) is 25.9 Å². The van der Waals surface area contributed by atoms with E-state index in [9.17, 15) is 28.9 Å². The molecular weight excluding hydrogens is 976 g/mol. The van der Waals surface area contributed by atoms with E-state index in [1.165, 1.54) is 12.8 Å². The Morgan fingerprint density at radius 3 is 1.00 bits per heavy atom. The first-order valence-electron chi connectivity index (χ1n) is 29.1. The average Bonchev–Trinajstić information content (AvgIpc) is 3.41. The maximum atomic E-state index is 12.9. The Hall–Kier alpha value is -4.38. The first-order chi connectivity index (χ1) is 37.2. The summed E-state index contributed by atoms with van der Waals surface area (Å²) in [6.07, 6.45) is 71.3. The van der Waals surface area contributed by atoms with Gasteiger partial charge in [-0.2, -0.15) is 0 Å². The molecule has 0 amide bonds. The van der Waals surface area contributed by atoms with Crippen LogP contribution in [0.2, 0.25) is 0 Å². The lowest BCUT2D eigenvalue weighted by Gasteiger charge is -2.21. The van der Waals surface area contributed by atoms with Gasteiger partial charge in [0, 0.05) is 19.3 Å². The minimum atomic E-state index is -4.78. The van der Waals surface area contributed by atoms with Gasteiger partial charge in [-0.3, -0.25) is 23.4 Å². The zero-order valence-electron chi connectivity index (χ0n) is 47.4. The highest BCUT2D eigenvalue weighted by molar-refractivity contribution is 7.47. The molecule has 0 saturated carbocycles. The van der Waals surface area contributed by atoms with Crippen LogP contribution in [0.5, 0.6) is 0 Å². The number of esters is 3. The van der Waals surface area contributed by atoms with Crippen LogP contribution in [0.1, 0.15) is 213 Å². The molecule has 76 heavy (non-hydrogen) atoms. The lowest BCUT2D eigenvalue weighted by Crippen LogP contribution is -2.30. The Kier molecular flexibility index (Phi) is 53.5. The van der Waals surface area contributed by atoms with Gasteiger partial charge in [0.25, 0.3) is 0 Å². The van der Waals surface area contributed by atoms with Crippen LogP contribution >= 0.6 is 7.82 Å². The van der Waals surface area contributed by atoms with Gasteiger partial charge in [-0.1, -0.05) is 199 Å². The van der Waals surface area contributed by atoms with E-state index in [2.05, 4.69) is 154 Å². The summed E-state index contributed by atoms with van der Waals surface area (Å²) in [6, 6.07) is 0. The molecule has 0 aromatic rings. The second-order valence-corrected chi connectivity index (χ2v) is 20.1. The van der Waals surface area contributed by atoms with Crippen LogP contribution in [0, 0.1) is 0 Å². The number of rotatable bonds is 52. The van der Waals surface area contributed by atoms with Crippen molar-refractivity contribution < 1.29 is 52.2 Å². The Bertz CT molecular complexity index is 1780. The van der Waals surface area contributed by atoms with E-state index >= 15 is 0 Å². The van der Waals surface area contributed by atoms with Crippen molar-refractivity contribution in [2.24, 2.45) is 0 Å². The molecule has 0 aliphatic heterocycles. The van der Waals surface area contributed by atoms with Crippen LogP contribution in [-0.2, 0) is 42.2 Å². The van der Waals surface area contributed by atoms with Crippen molar-refractivity contribution in [2.75, 3.05) is 26.4 Å². The number of aliphatic hydroxyl groups excluding tert-OH is 1. The van der Waals surface area contributed by atoms with Crippen LogP contribution in [0.25, 0.3) is 0 Å². The number of carbonyl (C=O) groups excluding carboxylic acids is 3. The van der Waals surface area contributed by atoms with Crippen molar-refractivity contribution in [3.8, 4) is 0 Å². The molecule has 2 N–H and O–H groups in total. The zero-order chi connectivity index (χ0) is 55.5. The van der Waals surface area contributed by atoms with E-state index in [1.54, 1.807) is 0 Å². The number of phosphoric acid groups is 1. The van der Waals surface area contributed by atoms with Crippen molar-refractivity contribution in [3.05, 3.63) is 134 Å². The molecule has 0 aromatic heterocycles. The van der Waals surface area contributed by atoms with E-state index in [4.69, 9.17) is 23.3 Å². The fourth-order valence-corrected chi connectivity index (χ4v) is 8.02. The highest BCUT2D eigenvalue weighted by atomic mass is 31.2. The standard InChI is InChI=1S/C64H103O11P/c1-4-7-10-13-16-19-22-25-27-29-30-32-34-37-40-43-46-49-52-55-64(68)75-61(57-71-62(66)53-50-47-44-41-38-36-33-31-28-26-23-20-17-14-11-8-5-2)59-73-76(69,70)72-58-60(56-65)74-63(67)54-51-48-45-42-39-35-24-21-18-15-12-9-6-3/h7-12,16-21,25-28,30,32,35,37,39-40,60-61,65H,4-6,13-15,22-24,29,31,33-34,36,38,41-59H2,1-3H3,(H,69,70)/b10-7-,11-8-,12-9-,19-16-,20-17-,21-18-,27-25-,28-26-,32-30-,39-35-,40-37-. The molecule has 0 heterocycles. The lowest BCUT2D eigenvalue weighted by atomic mass is 10.1. The largest absolute Gasteiger partial charge is 0.472 e. The molecule has 0 bridgehead atoms. The number of aliphatic hydroxyl groups is 1. The Balaban J connectivity index is 4.85. The van der Waals surface area contributed by atoms with Crippen LogP contribution in [-0.4, -0.2) is 66.5 Å². The first kappa shape index (κ1) is 71.6. The molecule has 11 nitrogen and oxygen atoms in total. The number of carbonyl (C=O) groups is 3. The molecule has 0 fully saturated rings. The average molecular weight is 1080 g/mol. The van der Waals surface area contributed by atoms with Gasteiger partial charge >= 0.3 is 25.7 Å². The summed E-state index contributed by atoms with van der Waals surface area (Å²) in [4.78, 5) is 48.6. The van der Waals surface area contributed by atoms with Crippen LogP contribution in [0.4, 0.5) is 0 Å². The molecule has 0 aliphatic carbocycles. The predicted octanol–water partition coefficient (Wildman–Crippen LogP) is 17.4. The smallest absolute Gasteiger partial charge is 0.462 e. The number of allylic oxidation sites excluding steroid dienone is 22. The molecule has 0 spiro atoms. The summed E-state index contributed by atoms with van der Waals surface area (Å²) in [7, 11) is -4.78. The third-order valence-corrected chi connectivity index (χ3v) is 12.5. The van der Waals surface area contributed by atoms with Gasteiger partial charge in [0.15, 0.2) is 6.10 Å². The number of hydrogen-bond donors (Lipinski definition) is 2. The Labute approximate surface area is 461 Å². The third-order valence-electron chi connectivity index (χ3n) is 11.6. The molecule has 12 heteroatoms. The second kappa shape index (κ2) is 56.8. The van der Waals surface area contributed by atoms with Gasteiger partial charge < -0.3 is 24.2 Å². The molecule has 430 valence electrons. The molecule has 0 rings (SSSR count). The van der Waals surface area contributed by atoms with E-state index in [1.807, 2.05) is 0 Å². The molecule has 3 unspecified atom stereocenters. The molecule has 0 aliphatic rings. The minimum Gasteiger partial charge on any atom is -0.462 e. The summed E-state index contributed by atoms with van der Waals surface area (Å²) in [5, 5.41) is 9.81. The monoisotopic (exact) mass is 1080 g/mol. The highest BCUT2D eigenvalue weighted by Crippen LogP contribution is 2.43. The molecule has 0 aromatic carbocycles. The second-order valence-electron chi connectivity index (χ2n) is 18.7. The topological polar surface area (TPSA) is 155 Å². The maximum absolute atomic E-state index is 12.9. The van der Waals surface area contributed by atoms with Crippen LogP contribution in [0.15, 0.2) is 134 Å². The normalized spacial score (nSPS) is 14.3. The summed E-state index contributed by atoms with van der Waals surface area (Å²) in [5.74, 6) is -1.56. The Morgan fingerprint density at radius 2 is 0.645 bits per heavy atom. The number of ether oxygens (including phenoxy) is 3. The van der Waals surface area contributed by atoms with Crippen molar-refractivity contribution in [2.45, 2.75) is 226 Å². The Morgan fingerprint density at radius 1 is 0.368 bits per heavy atom. The number of hydrogen-bond acceptors (Lipinski definition) is 10. The van der Waals surface area contributed by atoms with E-state index in [0.717, 1.165) is 141 Å². The fourth-order valence-electron chi connectivity index (χ4n) is 7.23. The number of unbranched alkanes of at least 4 members (excludes halogenated alkanes) is 13. The zero-order valence-corrected chi connectivity index (χ0v) is 48.3. The van der Waals surface area contributed by atoms with Crippen LogP contribution < -0.4 is 0 Å². The highest BCUT2D eigenvalue weighted by Gasteiger charge is 2.28. The lowest BCUT2D eigenvalue weighted by molar-refractivity contribution is -0.161. The van der Waals surface area contributed by atoms with Crippen molar-refractivity contribution >= 4 is 25.7 Å². The summed E-state index contributed by atoms with van der Waals surface area (Å²) < 4.78 is 39.5. The molecule has 0 radical (unpaired) electrons. The van der Waals surface area contributed by atoms with Gasteiger partial charge in [-0.15, -0.1) is 0 Å². The van der Waals surface area contributed by atoms with Gasteiger partial charge in [0.2, 0.25) is 0 Å². The molecular formula is C64H103O11P. The maximum Gasteiger partial charge on any atom is 0.472 e. The van der Waals surface area contributed by atoms with Gasteiger partial charge in [-0.25, -0.2) is 4.57 Å². The quantitative estimate of drug-likeness (QED) is 0.0197. The predicted molar refractivity (Wildman–Crippen MR) is 316 cm³/mol. The van der Waals surface area contributed by atoms with Crippen molar-refractivity contribution in [1.82, 2.24) is 0 Å². The first-order valence-corrected chi connectivity index (χ1v) is 30.6. The molecule has 0 saturated heterocycles. The van der Waals surface area contributed by atoms with E-state index < -0.39 is 57.8 Å². The van der Waals surface area contributed by atoms with Crippen molar-refractivity contribution in [1.29, 1.82) is 0 Å². The molecule has 3 atom stereocenters. The third kappa shape index (κ3) is 54.4. The summed E-state index contributed by atoms with van der Waals surface area (Å²) in [5.41, 5.74) is 0. The summed E-state index contributed by atoms with van der Waals surface area (Å²) in [6.45, 7) is 4.20. The SMILES string of the molecule is CC/C=C\C/C=C\C/C=C\C/C=C\C/C=C\CCCCCC(=O)OC(COC(=O)CCCCCCCCC/C=C\C/C=C\C/C=C\CC)COP(=O)(O)OCC(CO)OC(=O)CCCCC/C=C\C/C=C\C/C=C\CC.